The summed E-state index contributed by atoms with van der Waals surface area (Å²) in [5.74, 6) is 0.723. The highest BCUT2D eigenvalue weighted by molar-refractivity contribution is 9.10. The SMILES string of the molecule is C[C@@H]1CC[C@@H]2[C@@H](C1)O[C@@H](c1ccc(Br)cc1)CC2(C)F. The van der Waals surface area contributed by atoms with Gasteiger partial charge in [-0.2, -0.15) is 0 Å². The first-order valence-corrected chi connectivity index (χ1v) is 8.35. The van der Waals surface area contributed by atoms with E-state index in [4.69, 9.17) is 4.74 Å². The van der Waals surface area contributed by atoms with Gasteiger partial charge in [0, 0.05) is 16.8 Å². The topological polar surface area (TPSA) is 9.23 Å². The van der Waals surface area contributed by atoms with E-state index >= 15 is 4.39 Å². The van der Waals surface area contributed by atoms with Gasteiger partial charge in [0.05, 0.1) is 12.2 Å². The maximum absolute atomic E-state index is 15.1. The first kappa shape index (κ1) is 14.5. The summed E-state index contributed by atoms with van der Waals surface area (Å²) in [5.41, 5.74) is -0.0189. The number of benzene rings is 1. The summed E-state index contributed by atoms with van der Waals surface area (Å²) < 4.78 is 22.4. The van der Waals surface area contributed by atoms with Crippen molar-refractivity contribution in [3.8, 4) is 0 Å². The van der Waals surface area contributed by atoms with Gasteiger partial charge in [-0.3, -0.25) is 0 Å². The van der Waals surface area contributed by atoms with E-state index in [1.807, 2.05) is 24.3 Å². The molecule has 0 aromatic heterocycles. The molecule has 3 rings (SSSR count). The molecule has 2 fully saturated rings. The molecular formula is C17H22BrFO. The molecule has 1 saturated heterocycles. The molecule has 1 aromatic rings. The van der Waals surface area contributed by atoms with E-state index in [1.54, 1.807) is 6.92 Å². The van der Waals surface area contributed by atoms with Gasteiger partial charge in [-0.1, -0.05) is 41.4 Å². The van der Waals surface area contributed by atoms with Crippen molar-refractivity contribution in [3.63, 3.8) is 0 Å². The molecule has 0 spiro atoms. The number of fused-ring (bicyclic) bond motifs is 1. The van der Waals surface area contributed by atoms with Crippen molar-refractivity contribution < 1.29 is 9.13 Å². The van der Waals surface area contributed by atoms with Crippen molar-refractivity contribution in [2.24, 2.45) is 11.8 Å². The van der Waals surface area contributed by atoms with Crippen molar-refractivity contribution >= 4 is 15.9 Å². The maximum atomic E-state index is 15.1. The fraction of sp³-hybridized carbons (Fsp3) is 0.647. The van der Waals surface area contributed by atoms with Crippen molar-refractivity contribution in [1.82, 2.24) is 0 Å². The largest absolute Gasteiger partial charge is 0.370 e. The zero-order chi connectivity index (χ0) is 14.3. The van der Waals surface area contributed by atoms with Gasteiger partial charge in [0.2, 0.25) is 0 Å². The lowest BCUT2D eigenvalue weighted by molar-refractivity contribution is -0.171. The molecule has 20 heavy (non-hydrogen) atoms. The van der Waals surface area contributed by atoms with Gasteiger partial charge in [0.1, 0.15) is 5.67 Å². The third-order valence-corrected chi connectivity index (χ3v) is 5.52. The normalized spacial score (nSPS) is 41.2. The number of halogens is 2. The van der Waals surface area contributed by atoms with E-state index in [0.717, 1.165) is 29.3 Å². The third kappa shape index (κ3) is 2.80. The van der Waals surface area contributed by atoms with Crippen LogP contribution in [0.4, 0.5) is 4.39 Å². The fourth-order valence-corrected chi connectivity index (χ4v) is 4.08. The number of ether oxygens (including phenoxy) is 1. The molecule has 110 valence electrons. The Labute approximate surface area is 129 Å². The molecule has 1 saturated carbocycles. The number of alkyl halides is 1. The first-order chi connectivity index (χ1) is 9.45. The molecule has 0 amide bonds. The second-order valence-corrected chi connectivity index (χ2v) is 7.64. The average molecular weight is 341 g/mol. The van der Waals surface area contributed by atoms with Crippen LogP contribution in [-0.4, -0.2) is 11.8 Å². The zero-order valence-electron chi connectivity index (χ0n) is 12.1. The lowest BCUT2D eigenvalue weighted by atomic mass is 9.69. The van der Waals surface area contributed by atoms with Crippen molar-refractivity contribution in [1.29, 1.82) is 0 Å². The minimum absolute atomic E-state index is 0.0744. The van der Waals surface area contributed by atoms with Crippen LogP contribution in [0, 0.1) is 11.8 Å². The van der Waals surface area contributed by atoms with Crippen molar-refractivity contribution in [2.45, 2.75) is 57.4 Å². The molecule has 0 N–H and O–H groups in total. The van der Waals surface area contributed by atoms with Crippen molar-refractivity contribution in [3.05, 3.63) is 34.3 Å². The minimum atomic E-state index is -1.11. The van der Waals surface area contributed by atoms with Crippen LogP contribution in [0.15, 0.2) is 28.7 Å². The van der Waals surface area contributed by atoms with Gasteiger partial charge in [0.25, 0.3) is 0 Å². The summed E-state index contributed by atoms with van der Waals surface area (Å²) in [4.78, 5) is 0. The van der Waals surface area contributed by atoms with Gasteiger partial charge >= 0.3 is 0 Å². The van der Waals surface area contributed by atoms with Crippen molar-refractivity contribution in [2.75, 3.05) is 0 Å². The molecule has 1 nitrogen and oxygen atoms in total. The summed E-state index contributed by atoms with van der Waals surface area (Å²) in [6.45, 7) is 4.02. The Morgan fingerprint density at radius 2 is 1.95 bits per heavy atom. The highest BCUT2D eigenvalue weighted by atomic mass is 79.9. The summed E-state index contributed by atoms with van der Waals surface area (Å²) >= 11 is 3.44. The molecule has 1 aliphatic heterocycles. The van der Waals surface area contributed by atoms with Gasteiger partial charge < -0.3 is 4.74 Å². The lowest BCUT2D eigenvalue weighted by Gasteiger charge is -2.48. The third-order valence-electron chi connectivity index (χ3n) is 4.99. The predicted molar refractivity (Wildman–Crippen MR) is 82.4 cm³/mol. The highest BCUT2D eigenvalue weighted by Gasteiger charge is 2.49. The number of hydrogen-bond donors (Lipinski definition) is 0. The van der Waals surface area contributed by atoms with Crippen LogP contribution in [0.3, 0.4) is 0 Å². The number of hydrogen-bond acceptors (Lipinski definition) is 1. The monoisotopic (exact) mass is 340 g/mol. The van der Waals surface area contributed by atoms with Crippen LogP contribution in [0.5, 0.6) is 0 Å². The Morgan fingerprint density at radius 3 is 2.65 bits per heavy atom. The van der Waals surface area contributed by atoms with E-state index < -0.39 is 5.67 Å². The fourth-order valence-electron chi connectivity index (χ4n) is 3.81. The standard InChI is InChI=1S/C17H22BrFO/c1-11-3-8-14-15(9-11)20-16(10-17(14,2)19)12-4-6-13(18)7-5-12/h4-7,11,14-16H,3,8-10H2,1-2H3/t11-,14-,15-,16-,17?/m1/s1. The molecule has 2 aliphatic rings. The summed E-state index contributed by atoms with van der Waals surface area (Å²) in [5, 5.41) is 0. The van der Waals surface area contributed by atoms with E-state index in [-0.39, 0.29) is 18.1 Å². The second-order valence-electron chi connectivity index (χ2n) is 6.72. The molecule has 0 bridgehead atoms. The van der Waals surface area contributed by atoms with Crippen LogP contribution in [0.2, 0.25) is 0 Å². The minimum Gasteiger partial charge on any atom is -0.370 e. The Kier molecular flexibility index (Phi) is 3.93. The van der Waals surface area contributed by atoms with E-state index in [1.165, 1.54) is 0 Å². The molecule has 5 atom stereocenters. The Balaban J connectivity index is 1.83. The smallest absolute Gasteiger partial charge is 0.116 e. The molecule has 1 aromatic carbocycles. The zero-order valence-corrected chi connectivity index (χ0v) is 13.7. The van der Waals surface area contributed by atoms with Crippen LogP contribution in [-0.2, 0) is 4.74 Å². The van der Waals surface area contributed by atoms with Crippen LogP contribution in [0.1, 0.15) is 51.2 Å². The molecular weight excluding hydrogens is 319 g/mol. The molecule has 1 aliphatic carbocycles. The summed E-state index contributed by atoms with van der Waals surface area (Å²) in [6.07, 6.45) is 3.54. The first-order valence-electron chi connectivity index (χ1n) is 7.55. The molecule has 1 heterocycles. The molecule has 1 unspecified atom stereocenters. The Bertz CT molecular complexity index is 470. The summed E-state index contributed by atoms with van der Waals surface area (Å²) in [7, 11) is 0. The average Bonchev–Trinajstić information content (AvgIpc) is 2.38. The van der Waals surface area contributed by atoms with Crippen LogP contribution in [0.25, 0.3) is 0 Å². The lowest BCUT2D eigenvalue weighted by Crippen LogP contribution is -2.49. The predicted octanol–water partition coefficient (Wildman–Crippen LogP) is 5.44. The van der Waals surface area contributed by atoms with Gasteiger partial charge in [-0.15, -0.1) is 0 Å². The Morgan fingerprint density at radius 1 is 1.25 bits per heavy atom. The quantitative estimate of drug-likeness (QED) is 0.661. The van der Waals surface area contributed by atoms with E-state index in [0.29, 0.717) is 12.3 Å². The maximum Gasteiger partial charge on any atom is 0.116 e. The Hall–Kier alpha value is -0.410. The number of rotatable bonds is 1. The van der Waals surface area contributed by atoms with Gasteiger partial charge in [-0.25, -0.2) is 4.39 Å². The van der Waals surface area contributed by atoms with Gasteiger partial charge in [0.15, 0.2) is 0 Å². The van der Waals surface area contributed by atoms with Crippen LogP contribution >= 0.6 is 15.9 Å². The molecule has 0 radical (unpaired) electrons. The molecule has 3 heteroatoms. The van der Waals surface area contributed by atoms with E-state index in [9.17, 15) is 0 Å². The second kappa shape index (κ2) is 5.42. The van der Waals surface area contributed by atoms with Gasteiger partial charge in [-0.05, 0) is 43.4 Å². The van der Waals surface area contributed by atoms with Crippen LogP contribution < -0.4 is 0 Å². The van der Waals surface area contributed by atoms with E-state index in [2.05, 4.69) is 22.9 Å². The summed E-state index contributed by atoms with van der Waals surface area (Å²) in [6, 6.07) is 8.09. The highest BCUT2D eigenvalue weighted by Crippen LogP contribution is 2.49.